The van der Waals surface area contributed by atoms with Crippen molar-refractivity contribution >= 4 is 34.1 Å². The van der Waals surface area contributed by atoms with Crippen LogP contribution in [-0.2, 0) is 11.8 Å². The largest absolute Gasteiger partial charge is 0.481 e. The molecule has 0 saturated heterocycles. The number of aliphatic carboxylic acids is 1. The normalized spacial score (nSPS) is 10.6. The van der Waals surface area contributed by atoms with E-state index in [0.717, 1.165) is 23.1 Å². The quantitative estimate of drug-likeness (QED) is 0.507. The third kappa shape index (κ3) is 2.90. The molecule has 0 spiro atoms. The molecule has 8 nitrogen and oxygen atoms in total. The number of rotatable bonds is 5. The van der Waals surface area contributed by atoms with E-state index in [2.05, 4.69) is 10.2 Å². The van der Waals surface area contributed by atoms with Gasteiger partial charge in [0.2, 0.25) is 0 Å². The second-order valence-corrected chi connectivity index (χ2v) is 5.45. The zero-order valence-electron chi connectivity index (χ0n) is 9.64. The van der Waals surface area contributed by atoms with Crippen molar-refractivity contribution in [3.05, 3.63) is 22.2 Å². The van der Waals surface area contributed by atoms with Crippen LogP contribution in [0, 0.1) is 10.1 Å². The summed E-state index contributed by atoms with van der Waals surface area (Å²) < 4.78 is 1.61. The zero-order chi connectivity index (χ0) is 14.0. The Morgan fingerprint density at radius 3 is 2.89 bits per heavy atom. The molecule has 2 rings (SSSR count). The van der Waals surface area contributed by atoms with E-state index in [1.165, 1.54) is 6.07 Å². The minimum atomic E-state index is -0.943. The topological polar surface area (TPSA) is 111 Å². The number of aromatic nitrogens is 3. The Balaban J connectivity index is 2.25. The fourth-order valence-corrected chi connectivity index (χ4v) is 2.80. The first kappa shape index (κ1) is 13.5. The Bertz CT molecular complexity index is 636. The molecule has 0 aromatic carbocycles. The Morgan fingerprint density at radius 1 is 1.58 bits per heavy atom. The predicted molar refractivity (Wildman–Crippen MR) is 69.3 cm³/mol. The lowest BCUT2D eigenvalue weighted by Gasteiger charge is -1.99. The van der Waals surface area contributed by atoms with Crippen molar-refractivity contribution in [2.45, 2.75) is 5.16 Å². The van der Waals surface area contributed by atoms with Crippen LogP contribution in [0.25, 0.3) is 10.7 Å². The Labute approximate surface area is 115 Å². The molecule has 0 aliphatic heterocycles. The first-order valence-electron chi connectivity index (χ1n) is 4.97. The third-order valence-corrected chi connectivity index (χ3v) is 4.19. The summed E-state index contributed by atoms with van der Waals surface area (Å²) in [5, 5.41) is 27.5. The van der Waals surface area contributed by atoms with Gasteiger partial charge in [-0.15, -0.1) is 10.2 Å². The smallest absolute Gasteiger partial charge is 0.324 e. The summed E-state index contributed by atoms with van der Waals surface area (Å²) in [6.45, 7) is 0. The second-order valence-electron chi connectivity index (χ2n) is 3.44. The van der Waals surface area contributed by atoms with Crippen molar-refractivity contribution in [3.63, 3.8) is 0 Å². The van der Waals surface area contributed by atoms with Gasteiger partial charge in [0, 0.05) is 13.1 Å². The van der Waals surface area contributed by atoms with Crippen LogP contribution in [0.15, 0.2) is 17.3 Å². The summed E-state index contributed by atoms with van der Waals surface area (Å²) in [6, 6.07) is 3.00. The van der Waals surface area contributed by atoms with Crippen LogP contribution in [0.4, 0.5) is 5.00 Å². The molecular weight excluding hydrogens is 292 g/mol. The van der Waals surface area contributed by atoms with Crippen molar-refractivity contribution in [2.75, 3.05) is 5.75 Å². The number of nitro groups is 1. The highest BCUT2D eigenvalue weighted by Crippen LogP contribution is 2.32. The summed E-state index contributed by atoms with van der Waals surface area (Å²) in [6.07, 6.45) is 0. The molecule has 0 aliphatic carbocycles. The van der Waals surface area contributed by atoms with Crippen LogP contribution in [0.5, 0.6) is 0 Å². The molecule has 0 unspecified atom stereocenters. The number of nitrogens with zero attached hydrogens (tertiary/aromatic N) is 4. The number of thioether (sulfide) groups is 1. The fourth-order valence-electron chi connectivity index (χ4n) is 1.33. The Hall–Kier alpha value is -1.94. The van der Waals surface area contributed by atoms with Gasteiger partial charge in [0.25, 0.3) is 0 Å². The summed E-state index contributed by atoms with van der Waals surface area (Å²) in [4.78, 5) is 21.3. The van der Waals surface area contributed by atoms with Gasteiger partial charge < -0.3 is 9.67 Å². The molecule has 2 aromatic rings. The number of thiophene rings is 1. The van der Waals surface area contributed by atoms with Crippen LogP contribution in [0.2, 0.25) is 0 Å². The van der Waals surface area contributed by atoms with Gasteiger partial charge in [-0.05, 0) is 6.07 Å². The molecule has 0 amide bonds. The van der Waals surface area contributed by atoms with E-state index in [4.69, 9.17) is 5.11 Å². The van der Waals surface area contributed by atoms with E-state index in [-0.39, 0.29) is 10.8 Å². The predicted octanol–water partition coefficient (Wildman–Crippen LogP) is 1.63. The Kier molecular flexibility index (Phi) is 3.81. The molecule has 0 saturated carbocycles. The Morgan fingerprint density at radius 2 is 2.32 bits per heavy atom. The van der Waals surface area contributed by atoms with Crippen LogP contribution in [0.3, 0.4) is 0 Å². The van der Waals surface area contributed by atoms with Gasteiger partial charge in [-0.1, -0.05) is 23.1 Å². The van der Waals surface area contributed by atoms with Gasteiger partial charge in [0.15, 0.2) is 11.0 Å². The van der Waals surface area contributed by atoms with E-state index in [0.29, 0.717) is 15.9 Å². The van der Waals surface area contributed by atoms with Crippen molar-refractivity contribution < 1.29 is 14.8 Å². The van der Waals surface area contributed by atoms with Crippen molar-refractivity contribution in [2.24, 2.45) is 7.05 Å². The van der Waals surface area contributed by atoms with E-state index in [9.17, 15) is 14.9 Å². The van der Waals surface area contributed by atoms with Crippen molar-refractivity contribution in [1.29, 1.82) is 0 Å². The molecule has 19 heavy (non-hydrogen) atoms. The molecule has 1 N–H and O–H groups in total. The van der Waals surface area contributed by atoms with E-state index >= 15 is 0 Å². The molecule has 2 heterocycles. The summed E-state index contributed by atoms with van der Waals surface area (Å²) in [5.41, 5.74) is 0. The van der Waals surface area contributed by atoms with Crippen molar-refractivity contribution in [1.82, 2.24) is 14.8 Å². The van der Waals surface area contributed by atoms with Crippen LogP contribution in [-0.4, -0.2) is 36.5 Å². The van der Waals surface area contributed by atoms with Gasteiger partial charge in [0.05, 0.1) is 15.6 Å². The monoisotopic (exact) mass is 300 g/mol. The molecule has 0 fully saturated rings. The first-order chi connectivity index (χ1) is 8.99. The maximum Gasteiger partial charge on any atom is 0.324 e. The van der Waals surface area contributed by atoms with Crippen LogP contribution < -0.4 is 0 Å². The number of carboxylic acids is 1. The second kappa shape index (κ2) is 5.36. The van der Waals surface area contributed by atoms with Gasteiger partial charge in [-0.3, -0.25) is 14.9 Å². The van der Waals surface area contributed by atoms with Crippen LogP contribution in [0.1, 0.15) is 0 Å². The minimum Gasteiger partial charge on any atom is -0.481 e. The van der Waals surface area contributed by atoms with Gasteiger partial charge in [-0.2, -0.15) is 0 Å². The zero-order valence-corrected chi connectivity index (χ0v) is 11.3. The highest BCUT2D eigenvalue weighted by molar-refractivity contribution is 7.99. The highest BCUT2D eigenvalue weighted by Gasteiger charge is 2.17. The van der Waals surface area contributed by atoms with Gasteiger partial charge >= 0.3 is 11.0 Å². The molecule has 100 valence electrons. The highest BCUT2D eigenvalue weighted by atomic mass is 32.2. The number of carboxylic acid groups (broad SMARTS) is 1. The maximum atomic E-state index is 10.6. The van der Waals surface area contributed by atoms with E-state index in [1.807, 2.05) is 0 Å². The third-order valence-electron chi connectivity index (χ3n) is 2.15. The van der Waals surface area contributed by atoms with Gasteiger partial charge in [-0.25, -0.2) is 0 Å². The molecule has 2 aromatic heterocycles. The minimum absolute atomic E-state index is 0.0257. The van der Waals surface area contributed by atoms with Crippen molar-refractivity contribution in [3.8, 4) is 10.7 Å². The molecule has 10 heteroatoms. The summed E-state index contributed by atoms with van der Waals surface area (Å²) >= 11 is 2.04. The summed E-state index contributed by atoms with van der Waals surface area (Å²) in [7, 11) is 1.69. The average Bonchev–Trinajstić information content (AvgIpc) is 2.93. The average molecular weight is 300 g/mol. The molecule has 0 bridgehead atoms. The number of hydrogen-bond acceptors (Lipinski definition) is 7. The standard InChI is InChI=1S/C9H8N4O4S2/c1-12-8(5-2-3-6(19-5)13(16)17)10-11-9(12)18-4-7(14)15/h2-3H,4H2,1H3,(H,14,15). The SMILES string of the molecule is Cn1c(SCC(=O)O)nnc1-c1ccc([N+](=O)[O-])s1. The number of carbonyl (C=O) groups is 1. The summed E-state index contributed by atoms with van der Waals surface area (Å²) in [5.74, 6) is -0.580. The fraction of sp³-hybridized carbons (Fsp3) is 0.222. The molecule has 0 atom stereocenters. The molecule has 0 radical (unpaired) electrons. The van der Waals surface area contributed by atoms with Crippen LogP contribution >= 0.6 is 23.1 Å². The van der Waals surface area contributed by atoms with Gasteiger partial charge in [0.1, 0.15) is 0 Å². The molecule has 0 aliphatic rings. The van der Waals surface area contributed by atoms with E-state index in [1.54, 1.807) is 17.7 Å². The van der Waals surface area contributed by atoms with E-state index < -0.39 is 10.9 Å². The lowest BCUT2D eigenvalue weighted by molar-refractivity contribution is -0.380. The first-order valence-corrected chi connectivity index (χ1v) is 6.78. The lowest BCUT2D eigenvalue weighted by atomic mass is 10.4. The number of hydrogen-bond donors (Lipinski definition) is 1. The maximum absolute atomic E-state index is 10.6. The lowest BCUT2D eigenvalue weighted by Crippen LogP contribution is -2.00. The molecular formula is C9H8N4O4S2.